The number of carbonyl (C=O) groups excluding carboxylic acids is 1. The standard InChI is InChI=1S/C17H11BrCl2O3/c1-2-7-22-17(21)12-8-14(18)16(15(20)9-12)23-10-11-3-5-13(19)6-4-11/h1,3-6,8-9H,7,10H2. The molecule has 0 radical (unpaired) electrons. The Balaban J connectivity index is 2.12. The minimum Gasteiger partial charge on any atom is -0.486 e. The smallest absolute Gasteiger partial charge is 0.339 e. The highest BCUT2D eigenvalue weighted by Gasteiger charge is 2.15. The minimum absolute atomic E-state index is 0.0944. The Labute approximate surface area is 152 Å². The lowest BCUT2D eigenvalue weighted by Gasteiger charge is -2.12. The van der Waals surface area contributed by atoms with Crippen molar-refractivity contribution in [3.05, 3.63) is 62.0 Å². The third-order valence-corrected chi connectivity index (χ3v) is 3.94. The molecule has 23 heavy (non-hydrogen) atoms. The second-order valence-electron chi connectivity index (χ2n) is 4.46. The summed E-state index contributed by atoms with van der Waals surface area (Å²) < 4.78 is 11.1. The van der Waals surface area contributed by atoms with Crippen LogP contribution in [0.15, 0.2) is 40.9 Å². The van der Waals surface area contributed by atoms with Crippen LogP contribution in [0.25, 0.3) is 0 Å². The normalized spacial score (nSPS) is 10.0. The highest BCUT2D eigenvalue weighted by Crippen LogP contribution is 2.35. The lowest BCUT2D eigenvalue weighted by atomic mass is 10.2. The van der Waals surface area contributed by atoms with E-state index in [1.165, 1.54) is 6.07 Å². The largest absolute Gasteiger partial charge is 0.486 e. The minimum atomic E-state index is -0.546. The molecule has 0 bridgehead atoms. The molecule has 0 heterocycles. The zero-order chi connectivity index (χ0) is 16.8. The maximum Gasteiger partial charge on any atom is 0.339 e. The predicted octanol–water partition coefficient (Wildman–Crippen LogP) is 5.12. The highest BCUT2D eigenvalue weighted by atomic mass is 79.9. The number of terminal acetylenes is 1. The summed E-state index contributed by atoms with van der Waals surface area (Å²) >= 11 is 15.4. The van der Waals surface area contributed by atoms with Crippen LogP contribution in [-0.4, -0.2) is 12.6 Å². The number of ether oxygens (including phenoxy) is 2. The molecule has 0 amide bonds. The lowest BCUT2D eigenvalue weighted by molar-refractivity contribution is 0.0556. The topological polar surface area (TPSA) is 35.5 Å². The molecule has 0 N–H and O–H groups in total. The van der Waals surface area contributed by atoms with Gasteiger partial charge in [0.25, 0.3) is 0 Å². The van der Waals surface area contributed by atoms with Crippen molar-refractivity contribution in [2.24, 2.45) is 0 Å². The number of hydrogen-bond acceptors (Lipinski definition) is 3. The van der Waals surface area contributed by atoms with Gasteiger partial charge in [-0.25, -0.2) is 4.79 Å². The number of esters is 1. The van der Waals surface area contributed by atoms with Crippen molar-refractivity contribution < 1.29 is 14.3 Å². The molecule has 0 aromatic heterocycles. The monoisotopic (exact) mass is 412 g/mol. The van der Waals surface area contributed by atoms with E-state index < -0.39 is 5.97 Å². The molecule has 0 spiro atoms. The third-order valence-electron chi connectivity index (χ3n) is 2.82. The molecule has 0 unspecified atom stereocenters. The van der Waals surface area contributed by atoms with Crippen LogP contribution < -0.4 is 4.74 Å². The Morgan fingerprint density at radius 3 is 2.52 bits per heavy atom. The quantitative estimate of drug-likeness (QED) is 0.503. The summed E-state index contributed by atoms with van der Waals surface area (Å²) in [6.07, 6.45) is 5.05. The molecule has 2 aromatic carbocycles. The van der Waals surface area contributed by atoms with Gasteiger partial charge in [-0.1, -0.05) is 41.3 Å². The maximum atomic E-state index is 11.8. The molecule has 0 aliphatic heterocycles. The number of halogens is 3. The Hall–Kier alpha value is -1.67. The van der Waals surface area contributed by atoms with Crippen molar-refractivity contribution in [2.75, 3.05) is 6.61 Å². The summed E-state index contributed by atoms with van der Waals surface area (Å²) in [6.45, 7) is 0.221. The summed E-state index contributed by atoms with van der Waals surface area (Å²) in [7, 11) is 0. The molecular formula is C17H11BrCl2O3. The van der Waals surface area contributed by atoms with Crippen LogP contribution in [-0.2, 0) is 11.3 Å². The first-order chi connectivity index (χ1) is 11.0. The van der Waals surface area contributed by atoms with Crippen molar-refractivity contribution in [1.29, 1.82) is 0 Å². The number of benzene rings is 2. The first-order valence-electron chi connectivity index (χ1n) is 6.48. The Morgan fingerprint density at radius 2 is 1.91 bits per heavy atom. The van der Waals surface area contributed by atoms with Crippen LogP contribution in [0.3, 0.4) is 0 Å². The molecule has 2 rings (SSSR count). The molecule has 0 saturated heterocycles. The summed E-state index contributed by atoms with van der Waals surface area (Å²) in [5.41, 5.74) is 1.23. The van der Waals surface area contributed by atoms with E-state index in [2.05, 4.69) is 21.9 Å². The van der Waals surface area contributed by atoms with Crippen LogP contribution >= 0.6 is 39.1 Å². The van der Waals surface area contributed by atoms with Crippen LogP contribution in [0.1, 0.15) is 15.9 Å². The van der Waals surface area contributed by atoms with E-state index in [0.29, 0.717) is 26.9 Å². The van der Waals surface area contributed by atoms with Crippen molar-refractivity contribution in [3.8, 4) is 18.1 Å². The molecular weight excluding hydrogens is 403 g/mol. The lowest BCUT2D eigenvalue weighted by Crippen LogP contribution is -2.06. The molecule has 2 aromatic rings. The molecule has 0 aliphatic rings. The average Bonchev–Trinajstić information content (AvgIpc) is 2.53. The molecule has 0 atom stereocenters. The fraction of sp³-hybridized carbons (Fsp3) is 0.118. The van der Waals surface area contributed by atoms with Gasteiger partial charge in [0, 0.05) is 5.02 Å². The summed E-state index contributed by atoms with van der Waals surface area (Å²) in [4.78, 5) is 11.8. The van der Waals surface area contributed by atoms with Crippen molar-refractivity contribution in [2.45, 2.75) is 6.61 Å². The van der Waals surface area contributed by atoms with E-state index in [1.807, 2.05) is 12.1 Å². The van der Waals surface area contributed by atoms with Gasteiger partial charge in [-0.3, -0.25) is 0 Å². The van der Waals surface area contributed by atoms with Gasteiger partial charge in [0.05, 0.1) is 15.1 Å². The molecule has 0 fully saturated rings. The van der Waals surface area contributed by atoms with Gasteiger partial charge in [0.15, 0.2) is 12.4 Å². The zero-order valence-corrected chi connectivity index (χ0v) is 14.9. The molecule has 0 saturated carbocycles. The number of hydrogen-bond donors (Lipinski definition) is 0. The Morgan fingerprint density at radius 1 is 1.22 bits per heavy atom. The summed E-state index contributed by atoms with van der Waals surface area (Å²) in [6, 6.07) is 10.3. The van der Waals surface area contributed by atoms with Crippen molar-refractivity contribution in [1.82, 2.24) is 0 Å². The fourth-order valence-corrected chi connectivity index (χ4v) is 2.83. The molecule has 6 heteroatoms. The van der Waals surface area contributed by atoms with Crippen LogP contribution in [0, 0.1) is 12.3 Å². The van der Waals surface area contributed by atoms with Gasteiger partial charge >= 0.3 is 5.97 Å². The van der Waals surface area contributed by atoms with Crippen LogP contribution in [0.2, 0.25) is 10.0 Å². The van der Waals surface area contributed by atoms with E-state index in [1.54, 1.807) is 18.2 Å². The van der Waals surface area contributed by atoms with E-state index >= 15 is 0 Å². The summed E-state index contributed by atoms with van der Waals surface area (Å²) in [5, 5.41) is 0.948. The second-order valence-corrected chi connectivity index (χ2v) is 6.16. The van der Waals surface area contributed by atoms with Gasteiger partial charge in [-0.2, -0.15) is 0 Å². The van der Waals surface area contributed by atoms with Gasteiger partial charge < -0.3 is 9.47 Å². The zero-order valence-electron chi connectivity index (χ0n) is 11.8. The number of rotatable bonds is 5. The number of carbonyl (C=O) groups is 1. The molecule has 118 valence electrons. The maximum absolute atomic E-state index is 11.8. The van der Waals surface area contributed by atoms with Gasteiger partial charge in [-0.15, -0.1) is 6.42 Å². The van der Waals surface area contributed by atoms with Gasteiger partial charge in [-0.05, 0) is 45.8 Å². The first-order valence-corrected chi connectivity index (χ1v) is 8.03. The third kappa shape index (κ3) is 4.90. The first kappa shape index (κ1) is 17.7. The predicted molar refractivity (Wildman–Crippen MR) is 94.1 cm³/mol. The summed E-state index contributed by atoms with van der Waals surface area (Å²) in [5.74, 6) is 2.12. The SMILES string of the molecule is C#CCOC(=O)c1cc(Cl)c(OCc2ccc(Cl)cc2)c(Br)c1. The molecule has 0 aliphatic carbocycles. The molecule has 3 nitrogen and oxygen atoms in total. The van der Waals surface area contributed by atoms with Crippen LogP contribution in [0.4, 0.5) is 0 Å². The van der Waals surface area contributed by atoms with E-state index in [4.69, 9.17) is 39.1 Å². The van der Waals surface area contributed by atoms with Crippen molar-refractivity contribution >= 4 is 45.1 Å². The van der Waals surface area contributed by atoms with Crippen LogP contribution in [0.5, 0.6) is 5.75 Å². The van der Waals surface area contributed by atoms with E-state index in [-0.39, 0.29) is 12.2 Å². The van der Waals surface area contributed by atoms with E-state index in [9.17, 15) is 4.79 Å². The Kier molecular flexibility index (Phi) is 6.35. The fourth-order valence-electron chi connectivity index (χ4n) is 1.74. The second kappa shape index (κ2) is 8.26. The van der Waals surface area contributed by atoms with Gasteiger partial charge in [0.1, 0.15) is 6.61 Å². The highest BCUT2D eigenvalue weighted by molar-refractivity contribution is 9.10. The Bertz CT molecular complexity index is 728. The average molecular weight is 414 g/mol. The van der Waals surface area contributed by atoms with Gasteiger partial charge in [0.2, 0.25) is 0 Å². The van der Waals surface area contributed by atoms with Crippen molar-refractivity contribution in [3.63, 3.8) is 0 Å². The van der Waals surface area contributed by atoms with E-state index in [0.717, 1.165) is 5.56 Å².